The first-order valence-corrected chi connectivity index (χ1v) is 6.90. The first-order chi connectivity index (χ1) is 9.31. The summed E-state index contributed by atoms with van der Waals surface area (Å²) in [5.74, 6) is 1.50. The highest BCUT2D eigenvalue weighted by molar-refractivity contribution is 5.92. The maximum atomic E-state index is 12.1. The molecule has 2 aliphatic heterocycles. The molecule has 3 atom stereocenters. The summed E-state index contributed by atoms with van der Waals surface area (Å²) in [7, 11) is 0. The number of rotatable bonds is 3. The van der Waals surface area contributed by atoms with E-state index in [1.807, 2.05) is 0 Å². The quantitative estimate of drug-likeness (QED) is 0.818. The monoisotopic (exact) mass is 263 g/mol. The standard InChI is InChI=1S/C13H17N3O3/c17-13(15-9-1-2-14-10-3-8(9)10)11-4-12(19-16-11)7-5-18-6-7/h4,7-10,14H,1-3,5-6H2,(H,15,17)/t8-,9+,10-/m1/s1. The summed E-state index contributed by atoms with van der Waals surface area (Å²) in [4.78, 5) is 12.1. The number of piperidine rings is 1. The van der Waals surface area contributed by atoms with Gasteiger partial charge in [0.1, 0.15) is 5.76 Å². The Morgan fingerprint density at radius 2 is 2.37 bits per heavy atom. The number of aromatic nitrogens is 1. The Hall–Kier alpha value is -1.40. The predicted molar refractivity (Wildman–Crippen MR) is 65.8 cm³/mol. The van der Waals surface area contributed by atoms with Gasteiger partial charge in [-0.25, -0.2) is 0 Å². The van der Waals surface area contributed by atoms with Crippen LogP contribution in [-0.2, 0) is 4.74 Å². The fourth-order valence-electron chi connectivity index (χ4n) is 2.94. The number of nitrogens with one attached hydrogen (secondary N) is 2. The highest BCUT2D eigenvalue weighted by atomic mass is 16.5. The predicted octanol–water partition coefficient (Wildman–Crippen LogP) is 0.269. The Balaban J connectivity index is 1.40. The zero-order valence-corrected chi connectivity index (χ0v) is 10.6. The second kappa shape index (κ2) is 4.31. The molecule has 6 heteroatoms. The van der Waals surface area contributed by atoms with E-state index in [1.165, 1.54) is 6.42 Å². The van der Waals surface area contributed by atoms with Crippen LogP contribution in [0.4, 0.5) is 0 Å². The molecule has 2 N–H and O–H groups in total. The molecular formula is C13H17N3O3. The van der Waals surface area contributed by atoms with Gasteiger partial charge in [-0.2, -0.15) is 0 Å². The van der Waals surface area contributed by atoms with Gasteiger partial charge in [0, 0.05) is 18.2 Å². The summed E-state index contributed by atoms with van der Waals surface area (Å²) in [6.07, 6.45) is 2.17. The maximum absolute atomic E-state index is 12.1. The van der Waals surface area contributed by atoms with Crippen molar-refractivity contribution in [2.75, 3.05) is 19.8 Å². The van der Waals surface area contributed by atoms with Crippen molar-refractivity contribution in [3.8, 4) is 0 Å². The molecule has 0 radical (unpaired) electrons. The first-order valence-electron chi connectivity index (χ1n) is 6.90. The van der Waals surface area contributed by atoms with Gasteiger partial charge in [-0.15, -0.1) is 0 Å². The van der Waals surface area contributed by atoms with E-state index in [1.54, 1.807) is 6.07 Å². The van der Waals surface area contributed by atoms with Crippen molar-refractivity contribution < 1.29 is 14.1 Å². The molecule has 1 amide bonds. The Labute approximate surface area is 110 Å². The molecule has 3 heterocycles. The van der Waals surface area contributed by atoms with Gasteiger partial charge in [-0.1, -0.05) is 5.16 Å². The molecule has 0 spiro atoms. The van der Waals surface area contributed by atoms with Gasteiger partial charge in [0.05, 0.1) is 19.1 Å². The van der Waals surface area contributed by atoms with Gasteiger partial charge >= 0.3 is 0 Å². The highest BCUT2D eigenvalue weighted by Gasteiger charge is 2.46. The van der Waals surface area contributed by atoms with E-state index < -0.39 is 0 Å². The second-order valence-corrected chi connectivity index (χ2v) is 5.68. The first kappa shape index (κ1) is 11.4. The van der Waals surface area contributed by atoms with Crippen molar-refractivity contribution >= 4 is 5.91 Å². The van der Waals surface area contributed by atoms with Crippen LogP contribution in [0.2, 0.25) is 0 Å². The third kappa shape index (κ3) is 2.04. The summed E-state index contributed by atoms with van der Waals surface area (Å²) in [6, 6.07) is 2.64. The lowest BCUT2D eigenvalue weighted by Crippen LogP contribution is -2.44. The summed E-state index contributed by atoms with van der Waals surface area (Å²) in [6.45, 7) is 2.30. The van der Waals surface area contributed by atoms with Gasteiger partial charge in [-0.05, 0) is 25.3 Å². The van der Waals surface area contributed by atoms with Crippen molar-refractivity contribution in [2.45, 2.75) is 30.8 Å². The second-order valence-electron chi connectivity index (χ2n) is 5.68. The molecule has 6 nitrogen and oxygen atoms in total. The van der Waals surface area contributed by atoms with Crippen LogP contribution in [0.5, 0.6) is 0 Å². The topological polar surface area (TPSA) is 76.4 Å². The Bertz CT molecular complexity index is 497. The minimum Gasteiger partial charge on any atom is -0.380 e. The number of carbonyl (C=O) groups is 1. The van der Waals surface area contributed by atoms with E-state index >= 15 is 0 Å². The number of ether oxygens (including phenoxy) is 1. The zero-order valence-electron chi connectivity index (χ0n) is 10.6. The van der Waals surface area contributed by atoms with Crippen molar-refractivity contribution in [3.05, 3.63) is 17.5 Å². The van der Waals surface area contributed by atoms with Crippen LogP contribution >= 0.6 is 0 Å². The van der Waals surface area contributed by atoms with Crippen LogP contribution in [0.1, 0.15) is 35.0 Å². The molecule has 2 saturated heterocycles. The lowest BCUT2D eigenvalue weighted by molar-refractivity contribution is -0.00228. The number of nitrogens with zero attached hydrogens (tertiary/aromatic N) is 1. The summed E-state index contributed by atoms with van der Waals surface area (Å²) >= 11 is 0. The number of hydrogen-bond donors (Lipinski definition) is 2. The number of amides is 1. The molecule has 3 aliphatic rings. The average molecular weight is 263 g/mol. The van der Waals surface area contributed by atoms with Gasteiger partial charge in [0.15, 0.2) is 5.69 Å². The smallest absolute Gasteiger partial charge is 0.273 e. The third-order valence-corrected chi connectivity index (χ3v) is 4.34. The maximum Gasteiger partial charge on any atom is 0.273 e. The van der Waals surface area contributed by atoms with Gasteiger partial charge in [0.2, 0.25) is 0 Å². The number of hydrogen-bond acceptors (Lipinski definition) is 5. The molecule has 3 fully saturated rings. The van der Waals surface area contributed by atoms with Crippen LogP contribution in [0.3, 0.4) is 0 Å². The Kier molecular flexibility index (Phi) is 2.60. The van der Waals surface area contributed by atoms with E-state index in [0.29, 0.717) is 30.9 Å². The van der Waals surface area contributed by atoms with E-state index in [2.05, 4.69) is 15.8 Å². The largest absolute Gasteiger partial charge is 0.380 e. The van der Waals surface area contributed by atoms with E-state index in [0.717, 1.165) is 18.7 Å². The lowest BCUT2D eigenvalue weighted by atomic mass is 10.0. The van der Waals surface area contributed by atoms with Crippen LogP contribution < -0.4 is 10.6 Å². The van der Waals surface area contributed by atoms with Crippen LogP contribution in [-0.4, -0.2) is 42.9 Å². The van der Waals surface area contributed by atoms with Crippen LogP contribution in [0, 0.1) is 5.92 Å². The lowest BCUT2D eigenvalue weighted by Gasteiger charge is -2.23. The van der Waals surface area contributed by atoms with Crippen LogP contribution in [0.15, 0.2) is 10.6 Å². The molecule has 1 saturated carbocycles. The molecule has 102 valence electrons. The van der Waals surface area contributed by atoms with Gasteiger partial charge < -0.3 is 19.9 Å². The SMILES string of the molecule is O=C(N[C@H]1CCN[C@@H]2C[C@H]12)c1cc(C2COC2)on1. The molecule has 1 aromatic heterocycles. The minimum atomic E-state index is -0.118. The zero-order chi connectivity index (χ0) is 12.8. The normalized spacial score (nSPS) is 33.4. The fourth-order valence-corrected chi connectivity index (χ4v) is 2.94. The van der Waals surface area contributed by atoms with Crippen LogP contribution in [0.25, 0.3) is 0 Å². The average Bonchev–Trinajstić information content (AvgIpc) is 2.99. The molecule has 1 aliphatic carbocycles. The van der Waals surface area contributed by atoms with Crippen molar-refractivity contribution in [2.24, 2.45) is 5.92 Å². The molecule has 0 bridgehead atoms. The summed E-state index contributed by atoms with van der Waals surface area (Å²) in [5, 5.41) is 10.4. The minimum absolute atomic E-state index is 0.118. The number of carbonyl (C=O) groups excluding carboxylic acids is 1. The van der Waals surface area contributed by atoms with Crippen molar-refractivity contribution in [3.63, 3.8) is 0 Å². The third-order valence-electron chi connectivity index (χ3n) is 4.34. The fraction of sp³-hybridized carbons (Fsp3) is 0.692. The van der Waals surface area contributed by atoms with E-state index in [9.17, 15) is 4.79 Å². The molecular weight excluding hydrogens is 246 g/mol. The summed E-state index contributed by atoms with van der Waals surface area (Å²) < 4.78 is 10.3. The summed E-state index contributed by atoms with van der Waals surface area (Å²) in [5.41, 5.74) is 0.387. The Morgan fingerprint density at radius 1 is 1.47 bits per heavy atom. The number of fused-ring (bicyclic) bond motifs is 1. The Morgan fingerprint density at radius 3 is 3.16 bits per heavy atom. The van der Waals surface area contributed by atoms with E-state index in [-0.39, 0.29) is 17.9 Å². The molecule has 0 aromatic carbocycles. The molecule has 19 heavy (non-hydrogen) atoms. The highest BCUT2D eigenvalue weighted by Crippen LogP contribution is 2.37. The van der Waals surface area contributed by atoms with Gasteiger partial charge in [-0.3, -0.25) is 4.79 Å². The van der Waals surface area contributed by atoms with Gasteiger partial charge in [0.25, 0.3) is 5.91 Å². The molecule has 1 aromatic rings. The molecule has 4 rings (SSSR count). The van der Waals surface area contributed by atoms with Crippen molar-refractivity contribution in [1.29, 1.82) is 0 Å². The van der Waals surface area contributed by atoms with E-state index in [4.69, 9.17) is 9.26 Å². The molecule has 0 unspecified atom stereocenters. The van der Waals surface area contributed by atoms with Crippen molar-refractivity contribution in [1.82, 2.24) is 15.8 Å².